The smallest absolute Gasteiger partial charge is 0.0469 e. The van der Waals surface area contributed by atoms with E-state index < -0.39 is 0 Å². The van der Waals surface area contributed by atoms with Crippen molar-refractivity contribution >= 4 is 23.2 Å². The number of ether oxygens (including phenoxy) is 1. The van der Waals surface area contributed by atoms with Gasteiger partial charge in [0.1, 0.15) is 0 Å². The number of alkyl halides is 1. The van der Waals surface area contributed by atoms with Gasteiger partial charge in [-0.05, 0) is 42.9 Å². The Labute approximate surface area is 107 Å². The maximum absolute atomic E-state index is 6.45. The second-order valence-corrected chi connectivity index (χ2v) is 5.29. The van der Waals surface area contributed by atoms with Crippen LogP contribution < -0.4 is 0 Å². The van der Waals surface area contributed by atoms with Gasteiger partial charge in [0.15, 0.2) is 0 Å². The van der Waals surface area contributed by atoms with Crippen LogP contribution in [-0.2, 0) is 11.2 Å². The van der Waals surface area contributed by atoms with Crippen molar-refractivity contribution in [2.24, 2.45) is 5.92 Å². The topological polar surface area (TPSA) is 9.23 Å². The van der Waals surface area contributed by atoms with Gasteiger partial charge in [-0.25, -0.2) is 0 Å². The highest BCUT2D eigenvalue weighted by atomic mass is 35.5. The van der Waals surface area contributed by atoms with Gasteiger partial charge in [-0.3, -0.25) is 0 Å². The lowest BCUT2D eigenvalue weighted by atomic mass is 9.92. The first-order valence-electron chi connectivity index (χ1n) is 5.72. The molecule has 1 aliphatic rings. The zero-order chi connectivity index (χ0) is 11.4. The lowest BCUT2D eigenvalue weighted by molar-refractivity contribution is 0.0651. The molecular formula is C13H16Cl2O. The van der Waals surface area contributed by atoms with E-state index in [-0.39, 0.29) is 5.38 Å². The molecular weight excluding hydrogens is 243 g/mol. The summed E-state index contributed by atoms with van der Waals surface area (Å²) >= 11 is 12.3. The molecule has 1 atom stereocenters. The number of hydrogen-bond acceptors (Lipinski definition) is 1. The van der Waals surface area contributed by atoms with E-state index in [1.165, 1.54) is 5.56 Å². The van der Waals surface area contributed by atoms with Crippen molar-refractivity contribution in [1.82, 2.24) is 0 Å². The van der Waals surface area contributed by atoms with Crippen LogP contribution in [-0.4, -0.2) is 18.6 Å². The standard InChI is InChI=1S/C13H16Cl2O/c14-12-3-1-10(2-4-12)9-13(15)11-5-7-16-8-6-11/h1-4,11,13H,5-9H2. The first-order chi connectivity index (χ1) is 7.75. The summed E-state index contributed by atoms with van der Waals surface area (Å²) in [4.78, 5) is 0. The highest BCUT2D eigenvalue weighted by molar-refractivity contribution is 6.30. The Kier molecular flexibility index (Phi) is 4.51. The summed E-state index contributed by atoms with van der Waals surface area (Å²) in [6.07, 6.45) is 3.09. The van der Waals surface area contributed by atoms with Gasteiger partial charge in [-0.2, -0.15) is 0 Å². The molecule has 0 saturated carbocycles. The van der Waals surface area contributed by atoms with Crippen LogP contribution in [0.2, 0.25) is 5.02 Å². The van der Waals surface area contributed by atoms with Gasteiger partial charge in [0.25, 0.3) is 0 Å². The number of benzene rings is 1. The average Bonchev–Trinajstić information content (AvgIpc) is 2.33. The third kappa shape index (κ3) is 3.38. The predicted molar refractivity (Wildman–Crippen MR) is 68.3 cm³/mol. The minimum absolute atomic E-state index is 0.213. The largest absolute Gasteiger partial charge is 0.381 e. The third-order valence-corrected chi connectivity index (χ3v) is 3.88. The van der Waals surface area contributed by atoms with Gasteiger partial charge in [0.05, 0.1) is 0 Å². The zero-order valence-corrected chi connectivity index (χ0v) is 10.7. The molecule has 3 heteroatoms. The molecule has 0 aromatic heterocycles. The zero-order valence-electron chi connectivity index (χ0n) is 9.16. The van der Waals surface area contributed by atoms with E-state index in [1.54, 1.807) is 0 Å². The molecule has 0 bridgehead atoms. The molecule has 1 saturated heterocycles. The molecule has 1 aromatic rings. The number of hydrogen-bond donors (Lipinski definition) is 0. The van der Waals surface area contributed by atoms with Crippen LogP contribution in [0.4, 0.5) is 0 Å². The molecule has 1 aliphatic heterocycles. The fraction of sp³-hybridized carbons (Fsp3) is 0.538. The van der Waals surface area contributed by atoms with Crippen molar-refractivity contribution in [2.45, 2.75) is 24.6 Å². The van der Waals surface area contributed by atoms with E-state index in [0.717, 1.165) is 37.5 Å². The van der Waals surface area contributed by atoms with Gasteiger partial charge in [0, 0.05) is 23.6 Å². The number of rotatable bonds is 3. The SMILES string of the molecule is Clc1ccc(CC(Cl)C2CCOCC2)cc1. The first kappa shape index (κ1) is 12.2. The molecule has 1 nitrogen and oxygen atoms in total. The van der Waals surface area contributed by atoms with E-state index in [1.807, 2.05) is 12.1 Å². The highest BCUT2D eigenvalue weighted by Crippen LogP contribution is 2.26. The van der Waals surface area contributed by atoms with Gasteiger partial charge >= 0.3 is 0 Å². The summed E-state index contributed by atoms with van der Waals surface area (Å²) in [6, 6.07) is 7.95. The molecule has 1 heterocycles. The Morgan fingerprint density at radius 2 is 1.81 bits per heavy atom. The third-order valence-electron chi connectivity index (χ3n) is 3.12. The summed E-state index contributed by atoms with van der Waals surface area (Å²) in [6.45, 7) is 1.71. The summed E-state index contributed by atoms with van der Waals surface area (Å²) in [5.74, 6) is 0.589. The van der Waals surface area contributed by atoms with Crippen LogP contribution >= 0.6 is 23.2 Å². The first-order valence-corrected chi connectivity index (χ1v) is 6.53. The van der Waals surface area contributed by atoms with Crippen LogP contribution in [0.1, 0.15) is 18.4 Å². The normalized spacial score (nSPS) is 19.6. The van der Waals surface area contributed by atoms with E-state index in [2.05, 4.69) is 12.1 Å². The molecule has 16 heavy (non-hydrogen) atoms. The van der Waals surface area contributed by atoms with Crippen LogP contribution in [0.3, 0.4) is 0 Å². The van der Waals surface area contributed by atoms with Crippen molar-refractivity contribution in [3.63, 3.8) is 0 Å². The molecule has 1 aromatic carbocycles. The second-order valence-electron chi connectivity index (χ2n) is 4.30. The Hall–Kier alpha value is -0.240. The molecule has 0 radical (unpaired) electrons. The van der Waals surface area contributed by atoms with E-state index in [9.17, 15) is 0 Å². The van der Waals surface area contributed by atoms with Gasteiger partial charge in [-0.1, -0.05) is 23.7 Å². The minimum Gasteiger partial charge on any atom is -0.381 e. The minimum atomic E-state index is 0.213. The molecule has 1 fully saturated rings. The second kappa shape index (κ2) is 5.90. The predicted octanol–water partition coefficient (Wildman–Crippen LogP) is 3.92. The summed E-state index contributed by atoms with van der Waals surface area (Å²) in [7, 11) is 0. The van der Waals surface area contributed by atoms with Crippen LogP contribution in [0.25, 0.3) is 0 Å². The van der Waals surface area contributed by atoms with Crippen molar-refractivity contribution in [3.8, 4) is 0 Å². The lowest BCUT2D eigenvalue weighted by Crippen LogP contribution is -2.25. The van der Waals surface area contributed by atoms with Gasteiger partial charge in [0.2, 0.25) is 0 Å². The number of halogens is 2. The van der Waals surface area contributed by atoms with E-state index in [0.29, 0.717) is 5.92 Å². The fourth-order valence-corrected chi connectivity index (χ4v) is 2.65. The Morgan fingerprint density at radius 1 is 1.19 bits per heavy atom. The van der Waals surface area contributed by atoms with Gasteiger partial charge in [-0.15, -0.1) is 11.6 Å². The Morgan fingerprint density at radius 3 is 2.44 bits per heavy atom. The quantitative estimate of drug-likeness (QED) is 0.747. The maximum atomic E-state index is 6.45. The molecule has 1 unspecified atom stereocenters. The maximum Gasteiger partial charge on any atom is 0.0469 e. The van der Waals surface area contributed by atoms with Crippen molar-refractivity contribution in [3.05, 3.63) is 34.9 Å². The highest BCUT2D eigenvalue weighted by Gasteiger charge is 2.22. The van der Waals surface area contributed by atoms with E-state index in [4.69, 9.17) is 27.9 Å². The molecule has 0 N–H and O–H groups in total. The fourth-order valence-electron chi connectivity index (χ4n) is 2.09. The molecule has 0 spiro atoms. The summed E-state index contributed by atoms with van der Waals surface area (Å²) in [5, 5.41) is 0.992. The Balaban J connectivity index is 1.90. The van der Waals surface area contributed by atoms with Crippen LogP contribution in [0.15, 0.2) is 24.3 Å². The van der Waals surface area contributed by atoms with Crippen LogP contribution in [0, 0.1) is 5.92 Å². The Bertz CT molecular complexity index is 317. The molecule has 0 amide bonds. The molecule has 0 aliphatic carbocycles. The monoisotopic (exact) mass is 258 g/mol. The van der Waals surface area contributed by atoms with Crippen LogP contribution in [0.5, 0.6) is 0 Å². The van der Waals surface area contributed by atoms with Crippen molar-refractivity contribution in [1.29, 1.82) is 0 Å². The van der Waals surface area contributed by atoms with Crippen molar-refractivity contribution < 1.29 is 4.74 Å². The van der Waals surface area contributed by atoms with E-state index >= 15 is 0 Å². The van der Waals surface area contributed by atoms with Crippen molar-refractivity contribution in [2.75, 3.05) is 13.2 Å². The lowest BCUT2D eigenvalue weighted by Gasteiger charge is -2.26. The summed E-state index contributed by atoms with van der Waals surface area (Å²) in [5.41, 5.74) is 1.26. The molecule has 2 rings (SSSR count). The van der Waals surface area contributed by atoms with Gasteiger partial charge < -0.3 is 4.74 Å². The average molecular weight is 259 g/mol. The molecule has 88 valence electrons. The summed E-state index contributed by atoms with van der Waals surface area (Å²) < 4.78 is 5.34.